The molecule has 2 aromatic carbocycles. The number of ether oxygens (including phenoxy) is 1. The average Bonchev–Trinajstić information content (AvgIpc) is 3.03. The fraction of sp³-hybridized carbons (Fsp3) is 0.0952. The lowest BCUT2D eigenvalue weighted by Gasteiger charge is -2.06. The van der Waals surface area contributed by atoms with Gasteiger partial charge in [-0.1, -0.05) is 18.2 Å². The smallest absolute Gasteiger partial charge is 0.187 e. The van der Waals surface area contributed by atoms with Crippen molar-refractivity contribution in [1.29, 1.82) is 0 Å². The molecule has 6 nitrogen and oxygen atoms in total. The number of methoxy groups -OCH3 is 1. The molecule has 0 bridgehead atoms. The van der Waals surface area contributed by atoms with Crippen molar-refractivity contribution in [3.8, 4) is 22.8 Å². The Morgan fingerprint density at radius 1 is 1.00 bits per heavy atom. The van der Waals surface area contributed by atoms with Gasteiger partial charge >= 0.3 is 0 Å². The number of benzene rings is 2. The number of rotatable bonds is 4. The second kappa shape index (κ2) is 6.92. The molecule has 0 atom stereocenters. The Balaban J connectivity index is 1.92. The van der Waals surface area contributed by atoms with Gasteiger partial charge in [-0.2, -0.15) is 0 Å². The summed E-state index contributed by atoms with van der Waals surface area (Å²) in [6, 6.07) is 18.3. The van der Waals surface area contributed by atoms with Gasteiger partial charge in [-0.15, -0.1) is 10.2 Å². The summed E-state index contributed by atoms with van der Waals surface area (Å²) in [6.45, 7) is 2.02. The highest BCUT2D eigenvalue weighted by molar-refractivity contribution is 5.78. The van der Waals surface area contributed by atoms with E-state index in [0.29, 0.717) is 22.9 Å². The minimum absolute atomic E-state index is 0.144. The van der Waals surface area contributed by atoms with Crippen molar-refractivity contribution < 1.29 is 9.84 Å². The van der Waals surface area contributed by atoms with Crippen molar-refractivity contribution in [2.45, 2.75) is 6.92 Å². The molecule has 4 rings (SSSR count). The van der Waals surface area contributed by atoms with Crippen LogP contribution < -0.4 is 4.74 Å². The molecule has 0 fully saturated rings. The molecule has 0 saturated carbocycles. The van der Waals surface area contributed by atoms with Gasteiger partial charge in [0, 0.05) is 17.8 Å². The highest BCUT2D eigenvalue weighted by Crippen LogP contribution is 2.37. The minimum Gasteiger partial charge on any atom is -0.508 e. The molecule has 0 saturated heterocycles. The van der Waals surface area contributed by atoms with E-state index in [1.165, 1.54) is 0 Å². The lowest BCUT2D eigenvalue weighted by Crippen LogP contribution is -1.88. The number of azo groups is 1. The van der Waals surface area contributed by atoms with Crippen molar-refractivity contribution in [2.24, 2.45) is 10.2 Å². The number of aromatic nitrogens is 2. The number of aryl methyl sites for hydroxylation is 1. The molecule has 4 aromatic rings. The number of aromatic hydroxyl groups is 1. The predicted molar refractivity (Wildman–Crippen MR) is 104 cm³/mol. The van der Waals surface area contributed by atoms with Gasteiger partial charge in [0.1, 0.15) is 22.8 Å². The van der Waals surface area contributed by atoms with Crippen LogP contribution in [-0.2, 0) is 0 Å². The van der Waals surface area contributed by atoms with E-state index < -0.39 is 0 Å². The Morgan fingerprint density at radius 3 is 2.67 bits per heavy atom. The summed E-state index contributed by atoms with van der Waals surface area (Å²) in [5.41, 5.74) is 3.97. The monoisotopic (exact) mass is 358 g/mol. The number of phenolic OH excluding ortho intramolecular Hbond substituents is 1. The molecule has 1 N–H and O–H groups in total. The molecule has 0 radical (unpaired) electrons. The Morgan fingerprint density at radius 2 is 1.85 bits per heavy atom. The Bertz CT molecular complexity index is 1150. The van der Waals surface area contributed by atoms with Crippen LogP contribution in [0, 0.1) is 6.92 Å². The van der Waals surface area contributed by atoms with Crippen molar-refractivity contribution in [2.75, 3.05) is 7.11 Å². The summed E-state index contributed by atoms with van der Waals surface area (Å²) in [5.74, 6) is 1.45. The number of pyridine rings is 1. The number of para-hydroxylation sites is 1. The van der Waals surface area contributed by atoms with Crippen LogP contribution in [0.3, 0.4) is 0 Å². The second-order valence-corrected chi connectivity index (χ2v) is 6.14. The van der Waals surface area contributed by atoms with E-state index in [9.17, 15) is 5.11 Å². The maximum Gasteiger partial charge on any atom is 0.187 e. The standard InChI is InChI=1S/C21H18N4O2/c1-14-10-11-25-19(12-14)22-20(17-8-3-4-9-18(17)27-2)21(25)24-23-15-6-5-7-16(26)13-15/h3-13,26H,1-2H3. The molecule has 2 heterocycles. The first kappa shape index (κ1) is 16.8. The van der Waals surface area contributed by atoms with Crippen LogP contribution in [-0.4, -0.2) is 21.6 Å². The normalized spacial score (nSPS) is 11.3. The van der Waals surface area contributed by atoms with Crippen LogP contribution in [0.25, 0.3) is 16.9 Å². The Labute approximate surface area is 156 Å². The van der Waals surface area contributed by atoms with Gasteiger partial charge in [0.15, 0.2) is 5.82 Å². The maximum atomic E-state index is 9.64. The highest BCUT2D eigenvalue weighted by Gasteiger charge is 2.17. The summed E-state index contributed by atoms with van der Waals surface area (Å²) in [6.07, 6.45) is 1.92. The number of nitrogens with zero attached hydrogens (tertiary/aromatic N) is 4. The maximum absolute atomic E-state index is 9.64. The van der Waals surface area contributed by atoms with E-state index in [1.54, 1.807) is 31.4 Å². The lowest BCUT2D eigenvalue weighted by molar-refractivity contribution is 0.416. The third kappa shape index (κ3) is 3.25. The van der Waals surface area contributed by atoms with Gasteiger partial charge in [-0.05, 0) is 48.9 Å². The molecule has 0 spiro atoms. The number of phenols is 1. The van der Waals surface area contributed by atoms with Crippen LogP contribution in [0.4, 0.5) is 11.5 Å². The molecular formula is C21H18N4O2. The van der Waals surface area contributed by atoms with Gasteiger partial charge in [0.2, 0.25) is 0 Å². The number of imidazole rings is 1. The van der Waals surface area contributed by atoms with E-state index in [1.807, 2.05) is 53.9 Å². The zero-order valence-electron chi connectivity index (χ0n) is 15.0. The van der Waals surface area contributed by atoms with E-state index >= 15 is 0 Å². The van der Waals surface area contributed by atoms with Gasteiger partial charge < -0.3 is 9.84 Å². The highest BCUT2D eigenvalue weighted by atomic mass is 16.5. The molecule has 134 valence electrons. The van der Waals surface area contributed by atoms with Crippen LogP contribution in [0.2, 0.25) is 0 Å². The van der Waals surface area contributed by atoms with E-state index in [4.69, 9.17) is 9.72 Å². The summed E-state index contributed by atoms with van der Waals surface area (Å²) >= 11 is 0. The number of hydrogen-bond acceptors (Lipinski definition) is 5. The molecular weight excluding hydrogens is 340 g/mol. The first-order valence-corrected chi connectivity index (χ1v) is 8.48. The lowest BCUT2D eigenvalue weighted by atomic mass is 10.1. The van der Waals surface area contributed by atoms with Crippen LogP contribution >= 0.6 is 0 Å². The Hall–Kier alpha value is -3.67. The zero-order valence-corrected chi connectivity index (χ0v) is 15.0. The molecule has 27 heavy (non-hydrogen) atoms. The fourth-order valence-electron chi connectivity index (χ4n) is 2.91. The molecule has 0 aliphatic heterocycles. The van der Waals surface area contributed by atoms with E-state index in [-0.39, 0.29) is 5.75 Å². The first-order valence-electron chi connectivity index (χ1n) is 8.48. The van der Waals surface area contributed by atoms with Crippen LogP contribution in [0.1, 0.15) is 5.56 Å². The van der Waals surface area contributed by atoms with E-state index in [0.717, 1.165) is 16.8 Å². The van der Waals surface area contributed by atoms with Crippen molar-refractivity contribution >= 4 is 17.2 Å². The fourth-order valence-corrected chi connectivity index (χ4v) is 2.91. The van der Waals surface area contributed by atoms with Gasteiger partial charge in [-0.3, -0.25) is 4.40 Å². The minimum atomic E-state index is 0.144. The molecule has 0 unspecified atom stereocenters. The summed E-state index contributed by atoms with van der Waals surface area (Å²) in [4.78, 5) is 4.76. The van der Waals surface area contributed by atoms with Crippen LogP contribution in [0.15, 0.2) is 77.1 Å². The SMILES string of the molecule is COc1ccccc1-c1nc2cc(C)ccn2c1N=Nc1cccc(O)c1. The van der Waals surface area contributed by atoms with Crippen LogP contribution in [0.5, 0.6) is 11.5 Å². The summed E-state index contributed by atoms with van der Waals surface area (Å²) in [7, 11) is 1.63. The van der Waals surface area contributed by atoms with Crippen molar-refractivity contribution in [1.82, 2.24) is 9.38 Å². The third-order valence-electron chi connectivity index (χ3n) is 4.21. The molecule has 0 aliphatic rings. The Kier molecular flexibility index (Phi) is 4.30. The molecule has 6 heteroatoms. The van der Waals surface area contributed by atoms with Gasteiger partial charge in [0.25, 0.3) is 0 Å². The first-order chi connectivity index (χ1) is 13.2. The average molecular weight is 358 g/mol. The number of hydrogen-bond donors (Lipinski definition) is 1. The molecule has 0 amide bonds. The quantitative estimate of drug-likeness (QED) is 0.494. The molecule has 0 aliphatic carbocycles. The van der Waals surface area contributed by atoms with E-state index in [2.05, 4.69) is 10.2 Å². The largest absolute Gasteiger partial charge is 0.508 e. The van der Waals surface area contributed by atoms with Crippen molar-refractivity contribution in [3.63, 3.8) is 0 Å². The summed E-state index contributed by atoms with van der Waals surface area (Å²) in [5, 5.41) is 18.4. The molecule has 2 aromatic heterocycles. The third-order valence-corrected chi connectivity index (χ3v) is 4.21. The number of fused-ring (bicyclic) bond motifs is 1. The van der Waals surface area contributed by atoms with Gasteiger partial charge in [0.05, 0.1) is 12.8 Å². The topological polar surface area (TPSA) is 71.5 Å². The zero-order chi connectivity index (χ0) is 18.8. The predicted octanol–water partition coefficient (Wildman–Crippen LogP) is 5.44. The second-order valence-electron chi connectivity index (χ2n) is 6.14. The van der Waals surface area contributed by atoms with Gasteiger partial charge in [-0.25, -0.2) is 4.98 Å². The summed E-state index contributed by atoms with van der Waals surface area (Å²) < 4.78 is 7.39. The van der Waals surface area contributed by atoms with Crippen molar-refractivity contribution in [3.05, 3.63) is 72.4 Å².